The molecule has 2 aromatic rings. The molecule has 0 spiro atoms. The van der Waals surface area contributed by atoms with Crippen molar-refractivity contribution >= 4 is 0 Å². The molecule has 28 heavy (non-hydrogen) atoms. The van der Waals surface area contributed by atoms with E-state index in [0.717, 1.165) is 43.6 Å². The average molecular weight is 378 g/mol. The van der Waals surface area contributed by atoms with Crippen LogP contribution >= 0.6 is 0 Å². The lowest BCUT2D eigenvalue weighted by atomic mass is 9.99. The molecule has 0 aromatic heterocycles. The van der Waals surface area contributed by atoms with Crippen molar-refractivity contribution in [2.75, 3.05) is 20.6 Å². The van der Waals surface area contributed by atoms with E-state index in [2.05, 4.69) is 81.1 Å². The quantitative estimate of drug-likeness (QED) is 0.577. The van der Waals surface area contributed by atoms with E-state index in [1.54, 1.807) is 0 Å². The molecule has 0 aliphatic carbocycles. The fourth-order valence-electron chi connectivity index (χ4n) is 3.79. The minimum absolute atomic E-state index is 0.437. The van der Waals surface area contributed by atoms with E-state index >= 15 is 0 Å². The Morgan fingerprint density at radius 1 is 0.964 bits per heavy atom. The van der Waals surface area contributed by atoms with Gasteiger partial charge in [0.1, 0.15) is 0 Å². The second-order valence-electron chi connectivity index (χ2n) is 8.39. The zero-order chi connectivity index (χ0) is 20.5. The number of hydrogen-bond acceptors (Lipinski definition) is 3. The smallest absolute Gasteiger partial charge is 0.0995 e. The second kappa shape index (κ2) is 11.0. The molecular formula is C25H35N3. The van der Waals surface area contributed by atoms with Crippen LogP contribution in [0.15, 0.2) is 48.5 Å². The van der Waals surface area contributed by atoms with Crippen LogP contribution in [-0.4, -0.2) is 36.5 Å². The zero-order valence-electron chi connectivity index (χ0n) is 18.2. The summed E-state index contributed by atoms with van der Waals surface area (Å²) in [4.78, 5) is 4.84. The lowest BCUT2D eigenvalue weighted by Crippen LogP contribution is -2.42. The summed E-state index contributed by atoms with van der Waals surface area (Å²) in [6.45, 7) is 9.50. The van der Waals surface area contributed by atoms with Crippen molar-refractivity contribution in [2.45, 2.75) is 52.7 Å². The molecule has 0 aliphatic rings. The maximum atomic E-state index is 9.54. The van der Waals surface area contributed by atoms with Crippen LogP contribution in [-0.2, 0) is 19.5 Å². The molecule has 1 atom stereocenters. The van der Waals surface area contributed by atoms with Gasteiger partial charge in [-0.25, -0.2) is 0 Å². The monoisotopic (exact) mass is 377 g/mol. The summed E-state index contributed by atoms with van der Waals surface area (Å²) in [6.07, 6.45) is 2.19. The Labute approximate surface area is 171 Å². The summed E-state index contributed by atoms with van der Waals surface area (Å²) in [5, 5.41) is 9.54. The lowest BCUT2D eigenvalue weighted by Gasteiger charge is -2.35. The molecule has 0 aliphatic heterocycles. The minimum Gasteiger partial charge on any atom is -0.308 e. The number of nitriles is 1. The molecule has 3 nitrogen and oxygen atoms in total. The highest BCUT2D eigenvalue weighted by Crippen LogP contribution is 2.21. The maximum Gasteiger partial charge on any atom is 0.0995 e. The van der Waals surface area contributed by atoms with Crippen LogP contribution in [0.3, 0.4) is 0 Å². The maximum absolute atomic E-state index is 9.54. The normalized spacial score (nSPS) is 12.5. The van der Waals surface area contributed by atoms with Crippen molar-refractivity contribution in [2.24, 2.45) is 5.92 Å². The van der Waals surface area contributed by atoms with E-state index in [1.165, 1.54) is 11.1 Å². The molecular weight excluding hydrogens is 342 g/mol. The second-order valence-corrected chi connectivity index (χ2v) is 8.39. The summed E-state index contributed by atoms with van der Waals surface area (Å²) in [7, 11) is 4.29. The van der Waals surface area contributed by atoms with Gasteiger partial charge < -0.3 is 4.90 Å². The van der Waals surface area contributed by atoms with Crippen LogP contribution in [0.25, 0.3) is 0 Å². The Bertz CT molecular complexity index is 763. The molecule has 2 rings (SSSR count). The first-order valence-corrected chi connectivity index (χ1v) is 10.4. The molecule has 2 aromatic carbocycles. The third-order valence-electron chi connectivity index (χ3n) is 5.13. The molecule has 0 bridgehead atoms. The standard InChI is InChI=1S/C25H35N3/c1-6-21-10-9-11-22(15-21)17-28(25(14-20(2)3)19-27(4)5)18-24-13-8-7-12-23(24)16-26/h7-13,15,20,25H,6,14,17-19H2,1-5H3/t25-/m0/s1. The van der Waals surface area contributed by atoms with Gasteiger partial charge in [0.05, 0.1) is 11.6 Å². The van der Waals surface area contributed by atoms with Crippen molar-refractivity contribution in [1.29, 1.82) is 5.26 Å². The van der Waals surface area contributed by atoms with Crippen molar-refractivity contribution in [3.8, 4) is 6.07 Å². The average Bonchev–Trinajstić information content (AvgIpc) is 2.67. The van der Waals surface area contributed by atoms with Crippen LogP contribution in [0.4, 0.5) is 0 Å². The number of benzene rings is 2. The third kappa shape index (κ3) is 6.78. The number of aryl methyl sites for hydroxylation is 1. The number of hydrogen-bond donors (Lipinski definition) is 0. The molecule has 0 unspecified atom stereocenters. The fourth-order valence-corrected chi connectivity index (χ4v) is 3.79. The third-order valence-corrected chi connectivity index (χ3v) is 5.13. The van der Waals surface area contributed by atoms with Gasteiger partial charge in [-0.3, -0.25) is 4.90 Å². The SMILES string of the molecule is CCc1cccc(CN(Cc2ccccc2C#N)[C@@H](CC(C)C)CN(C)C)c1. The summed E-state index contributed by atoms with van der Waals surface area (Å²) < 4.78 is 0. The van der Waals surface area contributed by atoms with E-state index in [4.69, 9.17) is 0 Å². The molecule has 0 fully saturated rings. The highest BCUT2D eigenvalue weighted by Gasteiger charge is 2.22. The molecule has 0 N–H and O–H groups in total. The summed E-state index contributed by atoms with van der Waals surface area (Å²) >= 11 is 0. The highest BCUT2D eigenvalue weighted by molar-refractivity contribution is 5.37. The Hall–Kier alpha value is -2.15. The summed E-state index contributed by atoms with van der Waals surface area (Å²) in [5.41, 5.74) is 4.62. The first kappa shape index (κ1) is 22.1. The van der Waals surface area contributed by atoms with Crippen LogP contribution < -0.4 is 0 Å². The van der Waals surface area contributed by atoms with Crippen LogP contribution in [0, 0.1) is 17.2 Å². The van der Waals surface area contributed by atoms with Gasteiger partial charge in [0, 0.05) is 25.7 Å². The minimum atomic E-state index is 0.437. The predicted octanol–water partition coefficient (Wildman–Crippen LogP) is 5.10. The van der Waals surface area contributed by atoms with Gasteiger partial charge in [-0.15, -0.1) is 0 Å². The van der Waals surface area contributed by atoms with Crippen molar-refractivity contribution in [3.63, 3.8) is 0 Å². The predicted molar refractivity (Wildman–Crippen MR) is 118 cm³/mol. The molecule has 0 saturated carbocycles. The van der Waals surface area contributed by atoms with Crippen LogP contribution in [0.1, 0.15) is 49.4 Å². The number of nitrogens with zero attached hydrogens (tertiary/aromatic N) is 3. The summed E-state index contributed by atoms with van der Waals surface area (Å²) in [5.74, 6) is 0.626. The molecule has 0 radical (unpaired) electrons. The molecule has 0 saturated heterocycles. The lowest BCUT2D eigenvalue weighted by molar-refractivity contribution is 0.127. The Morgan fingerprint density at radius 3 is 2.32 bits per heavy atom. The van der Waals surface area contributed by atoms with Crippen molar-refractivity contribution < 1.29 is 0 Å². The van der Waals surface area contributed by atoms with Crippen LogP contribution in [0.5, 0.6) is 0 Å². The molecule has 0 heterocycles. The Kier molecular flexibility index (Phi) is 8.70. The van der Waals surface area contributed by atoms with Gasteiger partial charge in [-0.2, -0.15) is 5.26 Å². The van der Waals surface area contributed by atoms with Gasteiger partial charge in [0.15, 0.2) is 0 Å². The van der Waals surface area contributed by atoms with Crippen molar-refractivity contribution in [1.82, 2.24) is 9.80 Å². The molecule has 0 amide bonds. The highest BCUT2D eigenvalue weighted by atomic mass is 15.2. The van der Waals surface area contributed by atoms with E-state index in [9.17, 15) is 5.26 Å². The van der Waals surface area contributed by atoms with E-state index in [-0.39, 0.29) is 0 Å². The van der Waals surface area contributed by atoms with Gasteiger partial charge >= 0.3 is 0 Å². The van der Waals surface area contributed by atoms with Gasteiger partial charge in [-0.1, -0.05) is 63.2 Å². The van der Waals surface area contributed by atoms with E-state index < -0.39 is 0 Å². The fraction of sp³-hybridized carbons (Fsp3) is 0.480. The van der Waals surface area contributed by atoms with Crippen LogP contribution in [0.2, 0.25) is 0 Å². The van der Waals surface area contributed by atoms with Gasteiger partial charge in [-0.05, 0) is 55.6 Å². The Morgan fingerprint density at radius 2 is 1.68 bits per heavy atom. The van der Waals surface area contributed by atoms with E-state index in [0.29, 0.717) is 12.0 Å². The number of rotatable bonds is 10. The van der Waals surface area contributed by atoms with Gasteiger partial charge in [0.2, 0.25) is 0 Å². The van der Waals surface area contributed by atoms with Gasteiger partial charge in [0.25, 0.3) is 0 Å². The molecule has 3 heteroatoms. The number of likely N-dealkylation sites (N-methyl/N-ethyl adjacent to an activating group) is 1. The first-order chi connectivity index (χ1) is 13.4. The Balaban J connectivity index is 2.35. The topological polar surface area (TPSA) is 30.3 Å². The zero-order valence-corrected chi connectivity index (χ0v) is 18.2. The first-order valence-electron chi connectivity index (χ1n) is 10.4. The largest absolute Gasteiger partial charge is 0.308 e. The molecule has 150 valence electrons. The van der Waals surface area contributed by atoms with E-state index in [1.807, 2.05) is 18.2 Å². The van der Waals surface area contributed by atoms with Crippen molar-refractivity contribution in [3.05, 3.63) is 70.8 Å². The summed E-state index contributed by atoms with van der Waals surface area (Å²) in [6, 6.07) is 19.7.